The summed E-state index contributed by atoms with van der Waals surface area (Å²) in [5.74, 6) is -0.341. The molecule has 0 saturated carbocycles. The van der Waals surface area contributed by atoms with Gasteiger partial charge in [0, 0.05) is 43.5 Å². The van der Waals surface area contributed by atoms with Crippen molar-refractivity contribution in [1.29, 1.82) is 0 Å². The van der Waals surface area contributed by atoms with E-state index < -0.39 is 72.6 Å². The Kier molecular flexibility index (Phi) is 18.0. The first kappa shape index (κ1) is 49.1. The van der Waals surface area contributed by atoms with Gasteiger partial charge in [-0.15, -0.1) is 0 Å². The average Bonchev–Trinajstić information content (AvgIpc) is 3.28. The van der Waals surface area contributed by atoms with E-state index in [2.05, 4.69) is 48.7 Å². The van der Waals surface area contributed by atoms with Crippen LogP contribution >= 0.6 is 0 Å². The first-order valence-electron chi connectivity index (χ1n) is 21.5. The summed E-state index contributed by atoms with van der Waals surface area (Å²) in [6.07, 6.45) is -0.404. The fourth-order valence-corrected chi connectivity index (χ4v) is 7.21. The zero-order valence-corrected chi connectivity index (χ0v) is 36.1. The molecule has 4 atom stereocenters. The predicted molar refractivity (Wildman–Crippen MR) is 241 cm³/mol. The summed E-state index contributed by atoms with van der Waals surface area (Å²) in [6, 6.07) is 15.0. The van der Waals surface area contributed by atoms with Crippen molar-refractivity contribution < 1.29 is 48.6 Å². The minimum atomic E-state index is -1.66. The van der Waals surface area contributed by atoms with Crippen LogP contribution in [0.1, 0.15) is 73.6 Å². The van der Waals surface area contributed by atoms with Gasteiger partial charge in [0.25, 0.3) is 0 Å². The molecule has 348 valence electrons. The number of rotatable bonds is 16. The van der Waals surface area contributed by atoms with Gasteiger partial charge in [-0.25, -0.2) is 0 Å². The lowest BCUT2D eigenvalue weighted by Crippen LogP contribution is -2.58. The van der Waals surface area contributed by atoms with Gasteiger partial charge in [-0.05, 0) is 73.6 Å². The molecule has 66 heavy (non-hydrogen) atoms. The molecule has 2 aliphatic heterocycles. The number of carboxylic acid groups (broad SMARTS) is 1. The van der Waals surface area contributed by atoms with Crippen LogP contribution in [-0.2, 0) is 51.3 Å². The molecule has 0 unspecified atom stereocenters. The lowest BCUT2D eigenvalue weighted by atomic mass is 10.0. The summed E-state index contributed by atoms with van der Waals surface area (Å²) in [5.41, 5.74) is 14.4. The van der Waals surface area contributed by atoms with E-state index in [-0.39, 0.29) is 88.1 Å². The molecule has 12 N–H and O–H groups in total. The van der Waals surface area contributed by atoms with E-state index in [1.54, 1.807) is 4.90 Å². The van der Waals surface area contributed by atoms with Gasteiger partial charge >= 0.3 is 5.97 Å². The molecule has 3 aromatic carbocycles. The molecule has 20 nitrogen and oxygen atoms in total. The van der Waals surface area contributed by atoms with E-state index in [0.717, 1.165) is 11.1 Å². The molecule has 0 aliphatic carbocycles. The molecule has 20 heteroatoms. The zero-order chi connectivity index (χ0) is 47.6. The van der Waals surface area contributed by atoms with E-state index >= 15 is 0 Å². The van der Waals surface area contributed by atoms with Gasteiger partial charge in [0.15, 0.2) is 5.96 Å². The number of carboxylic acids is 1. The topological polar surface area (TPSA) is 317 Å². The number of hydrogen-bond acceptors (Lipinski definition) is 10. The van der Waals surface area contributed by atoms with Gasteiger partial charge in [-0.3, -0.25) is 43.3 Å². The van der Waals surface area contributed by atoms with Crippen LogP contribution in [0.3, 0.4) is 0 Å². The summed E-state index contributed by atoms with van der Waals surface area (Å²) in [5, 5.41) is 34.6. The van der Waals surface area contributed by atoms with Crippen LogP contribution in [0.15, 0.2) is 77.8 Å². The highest BCUT2D eigenvalue weighted by Gasteiger charge is 2.33. The SMILES string of the molecule is NC(N)=NCCC[C@@H]1NC(=O)[C@H](CCCCNC(=O)CCC(=O)N2Cc3ccccc3C#Cc3ccccc32)NC(=O)[C@@H](Cc2ccc(O)cc2)NC(=O)[C@H](CC(=O)O)NC(=O)CNC1=O. The van der Waals surface area contributed by atoms with Gasteiger partial charge in [-0.1, -0.05) is 54.3 Å². The Morgan fingerprint density at radius 1 is 0.727 bits per heavy atom. The number of nitrogens with zero attached hydrogens (tertiary/aromatic N) is 2. The van der Waals surface area contributed by atoms with Crippen molar-refractivity contribution in [3.8, 4) is 17.6 Å². The number of anilines is 1. The van der Waals surface area contributed by atoms with Gasteiger partial charge in [0.05, 0.1) is 25.2 Å². The lowest BCUT2D eigenvalue weighted by Gasteiger charge is -2.26. The number of amides is 7. The normalized spacial score (nSPS) is 18.8. The monoisotopic (exact) mass is 906 g/mol. The Balaban J connectivity index is 1.27. The van der Waals surface area contributed by atoms with Crippen molar-refractivity contribution in [1.82, 2.24) is 31.9 Å². The Morgan fingerprint density at radius 2 is 1.35 bits per heavy atom. The number of hydrogen-bond donors (Lipinski definition) is 10. The molecule has 0 radical (unpaired) electrons. The molecular weight excluding hydrogens is 853 g/mol. The third kappa shape index (κ3) is 15.1. The van der Waals surface area contributed by atoms with Crippen molar-refractivity contribution in [3.05, 3.63) is 95.1 Å². The summed E-state index contributed by atoms with van der Waals surface area (Å²) in [4.78, 5) is 112. The zero-order valence-electron chi connectivity index (χ0n) is 36.1. The summed E-state index contributed by atoms with van der Waals surface area (Å²) in [7, 11) is 0. The van der Waals surface area contributed by atoms with Crippen molar-refractivity contribution >= 4 is 59.0 Å². The number of aromatic hydroxyl groups is 1. The second-order valence-electron chi connectivity index (χ2n) is 15.7. The molecule has 0 bridgehead atoms. The molecule has 3 aromatic rings. The Morgan fingerprint density at radius 3 is 2.08 bits per heavy atom. The van der Waals surface area contributed by atoms with Gasteiger partial charge in [0.1, 0.15) is 29.9 Å². The molecule has 7 amide bonds. The number of phenols is 1. The van der Waals surface area contributed by atoms with E-state index in [1.807, 2.05) is 48.5 Å². The largest absolute Gasteiger partial charge is 0.508 e. The number of nitrogens with one attached hydrogen (secondary N) is 6. The van der Waals surface area contributed by atoms with E-state index in [0.29, 0.717) is 23.2 Å². The molecular formula is C46H54N10O10. The van der Waals surface area contributed by atoms with Crippen molar-refractivity contribution in [3.63, 3.8) is 0 Å². The fourth-order valence-electron chi connectivity index (χ4n) is 7.21. The molecule has 5 rings (SSSR count). The highest BCUT2D eigenvalue weighted by atomic mass is 16.4. The molecule has 1 saturated heterocycles. The smallest absolute Gasteiger partial charge is 0.305 e. The number of carbonyl (C=O) groups excluding carboxylic acids is 7. The Bertz CT molecular complexity index is 2370. The first-order chi connectivity index (χ1) is 31.7. The molecule has 0 aromatic heterocycles. The highest BCUT2D eigenvalue weighted by Crippen LogP contribution is 2.26. The maximum atomic E-state index is 14.1. The number of aliphatic imine (C=N–C) groups is 1. The predicted octanol–water partition coefficient (Wildman–Crippen LogP) is -0.455. The number of nitrogens with two attached hydrogens (primary N) is 2. The van der Waals surface area contributed by atoms with Crippen LogP contribution in [-0.4, -0.2) is 107 Å². The quantitative estimate of drug-likeness (QED) is 0.0378. The third-order valence-electron chi connectivity index (χ3n) is 10.7. The number of benzene rings is 3. The summed E-state index contributed by atoms with van der Waals surface area (Å²) in [6.45, 7) is -0.146. The van der Waals surface area contributed by atoms with Crippen molar-refractivity contribution in [2.45, 2.75) is 88.5 Å². The minimum absolute atomic E-state index is 0.00198. The number of phenolic OH excluding ortho intramolecular Hbond substituents is 1. The first-order valence-corrected chi connectivity index (χ1v) is 21.5. The lowest BCUT2D eigenvalue weighted by molar-refractivity contribution is -0.141. The second kappa shape index (κ2) is 24.2. The van der Waals surface area contributed by atoms with Crippen LogP contribution in [0.2, 0.25) is 0 Å². The average molecular weight is 907 g/mol. The van der Waals surface area contributed by atoms with Crippen LogP contribution < -0.4 is 48.3 Å². The maximum absolute atomic E-state index is 14.1. The number of aliphatic carboxylic acids is 1. The third-order valence-corrected chi connectivity index (χ3v) is 10.7. The van der Waals surface area contributed by atoms with E-state index in [1.165, 1.54) is 24.3 Å². The fraction of sp³-hybridized carbons (Fsp3) is 0.370. The number of unbranched alkanes of at least 4 members (excludes halogenated alkanes) is 1. The van der Waals surface area contributed by atoms with E-state index in [4.69, 9.17) is 11.5 Å². The van der Waals surface area contributed by atoms with Gasteiger partial charge in [0.2, 0.25) is 41.4 Å². The Labute approximate surface area is 380 Å². The van der Waals surface area contributed by atoms with Crippen LogP contribution in [0, 0.1) is 11.8 Å². The number of guanidine groups is 1. The molecule has 0 spiro atoms. The number of para-hydroxylation sites is 1. The van der Waals surface area contributed by atoms with Crippen LogP contribution in [0.4, 0.5) is 5.69 Å². The summed E-state index contributed by atoms with van der Waals surface area (Å²) >= 11 is 0. The molecule has 2 heterocycles. The number of carbonyl (C=O) groups is 8. The van der Waals surface area contributed by atoms with Crippen LogP contribution in [0.25, 0.3) is 0 Å². The van der Waals surface area contributed by atoms with Crippen molar-refractivity contribution in [2.75, 3.05) is 24.5 Å². The van der Waals surface area contributed by atoms with Gasteiger partial charge < -0.3 is 58.5 Å². The maximum Gasteiger partial charge on any atom is 0.305 e. The molecule has 2 aliphatic rings. The molecule has 1 fully saturated rings. The Hall–Kier alpha value is -7.95. The highest BCUT2D eigenvalue weighted by molar-refractivity contribution is 5.99. The number of fused-ring (bicyclic) bond motifs is 2. The van der Waals surface area contributed by atoms with E-state index in [9.17, 15) is 48.6 Å². The second-order valence-corrected chi connectivity index (χ2v) is 15.7. The van der Waals surface area contributed by atoms with Crippen molar-refractivity contribution in [2.24, 2.45) is 16.5 Å². The van der Waals surface area contributed by atoms with Gasteiger partial charge in [-0.2, -0.15) is 0 Å². The minimum Gasteiger partial charge on any atom is -0.508 e. The standard InChI is InChI=1S/C46H54N10O10/c47-46(48)50-23-7-12-33-42(63)51-26-39(59)52-36(25-41(61)62)45(66)55-35(24-28-14-18-32(57)19-15-28)44(65)54-34(43(64)53-33)11-5-6-22-49-38(58)20-21-40(60)56-27-31-10-2-1-8-29(31)16-17-30-9-3-4-13-37(30)56/h1-4,8-10,13-15,18-19,33-36,57H,5-7,11-12,20-27H2,(H,49,58)(H,51,63)(H,52,59)(H,53,64)(H,54,65)(H,55,66)(H,61,62)(H4,47,48,50)/t33-,34-,35+,36-/m0/s1. The van der Waals surface area contributed by atoms with Crippen LogP contribution in [0.5, 0.6) is 5.75 Å². The summed E-state index contributed by atoms with van der Waals surface area (Å²) < 4.78 is 0.